The Morgan fingerprint density at radius 2 is 1.80 bits per heavy atom. The summed E-state index contributed by atoms with van der Waals surface area (Å²) in [5, 5.41) is 15.2. The smallest absolute Gasteiger partial charge is 0.254 e. The third-order valence-electron chi connectivity index (χ3n) is 6.63. The Labute approximate surface area is 244 Å². The number of carbonyl (C=O) groups excluding carboxylic acids is 3. The van der Waals surface area contributed by atoms with Gasteiger partial charge in [-0.25, -0.2) is 0 Å². The van der Waals surface area contributed by atoms with Gasteiger partial charge < -0.3 is 24.8 Å². The number of benzene rings is 2. The first-order chi connectivity index (χ1) is 19.8. The van der Waals surface area contributed by atoms with Crippen LogP contribution in [-0.4, -0.2) is 69.4 Å². The summed E-state index contributed by atoms with van der Waals surface area (Å²) < 4.78 is 7.19. The summed E-state index contributed by atoms with van der Waals surface area (Å²) >= 11 is 1.24. The topological polar surface area (TPSA) is 118 Å². The SMILES string of the molecule is C=CCn1c(SCC(=O)Nc2cccc(C(=O)N3CCOCC3)c2)nnc1[C@H](NC(=O)c1ccc(C)cc1)C(C)C. The molecule has 0 bridgehead atoms. The molecular formula is C30H36N6O4S. The van der Waals surface area contributed by atoms with Crippen LogP contribution in [0, 0.1) is 12.8 Å². The second-order valence-electron chi connectivity index (χ2n) is 10.1. The van der Waals surface area contributed by atoms with Gasteiger partial charge in [0.25, 0.3) is 11.8 Å². The Balaban J connectivity index is 1.42. The Kier molecular flexibility index (Phi) is 10.3. The van der Waals surface area contributed by atoms with Gasteiger partial charge in [0, 0.05) is 36.4 Å². The van der Waals surface area contributed by atoms with E-state index in [0.717, 1.165) is 5.56 Å². The van der Waals surface area contributed by atoms with Crippen LogP contribution in [0.15, 0.2) is 66.3 Å². The largest absolute Gasteiger partial charge is 0.378 e. The maximum Gasteiger partial charge on any atom is 0.254 e. The molecule has 0 radical (unpaired) electrons. The van der Waals surface area contributed by atoms with E-state index in [1.54, 1.807) is 47.4 Å². The Hall–Kier alpha value is -3.96. The van der Waals surface area contributed by atoms with Crippen molar-refractivity contribution in [2.75, 3.05) is 37.4 Å². The third kappa shape index (κ3) is 7.83. The van der Waals surface area contributed by atoms with Crippen LogP contribution in [0.5, 0.6) is 0 Å². The summed E-state index contributed by atoms with van der Waals surface area (Å²) in [6, 6.07) is 13.9. The molecule has 1 fully saturated rings. The van der Waals surface area contributed by atoms with E-state index in [1.807, 2.05) is 37.5 Å². The van der Waals surface area contributed by atoms with Crippen LogP contribution in [0.25, 0.3) is 0 Å². The number of aromatic nitrogens is 3. The minimum atomic E-state index is -0.397. The Morgan fingerprint density at radius 3 is 2.49 bits per heavy atom. The molecule has 3 aromatic rings. The molecule has 0 aliphatic carbocycles. The van der Waals surface area contributed by atoms with Crippen molar-refractivity contribution in [3.63, 3.8) is 0 Å². The van der Waals surface area contributed by atoms with E-state index in [4.69, 9.17) is 4.74 Å². The highest BCUT2D eigenvalue weighted by Crippen LogP contribution is 2.26. The maximum atomic E-state index is 13.0. The standard InChI is InChI=1S/C30H36N6O4S/c1-5-13-36-27(26(20(2)3)32-28(38)22-11-9-21(4)10-12-22)33-34-30(36)41-19-25(37)31-24-8-6-7-23(18-24)29(39)35-14-16-40-17-15-35/h5-12,18,20,26H,1,13-17,19H2,2-4H3,(H,31,37)(H,32,38)/t26-/m1/s1. The Bertz CT molecular complexity index is 1380. The second-order valence-corrected chi connectivity index (χ2v) is 11.1. The van der Waals surface area contributed by atoms with Gasteiger partial charge in [0.1, 0.15) is 0 Å². The average molecular weight is 577 g/mol. The summed E-state index contributed by atoms with van der Waals surface area (Å²) in [5.41, 5.74) is 2.70. The van der Waals surface area contributed by atoms with E-state index >= 15 is 0 Å². The molecule has 216 valence electrons. The zero-order chi connectivity index (χ0) is 29.4. The fourth-order valence-electron chi connectivity index (χ4n) is 4.40. The van der Waals surface area contributed by atoms with Crippen LogP contribution in [0.2, 0.25) is 0 Å². The normalized spacial score (nSPS) is 14.0. The van der Waals surface area contributed by atoms with Gasteiger partial charge in [-0.2, -0.15) is 0 Å². The lowest BCUT2D eigenvalue weighted by atomic mass is 10.0. The molecule has 3 amide bonds. The third-order valence-corrected chi connectivity index (χ3v) is 7.59. The lowest BCUT2D eigenvalue weighted by Crippen LogP contribution is -2.40. The molecule has 2 heterocycles. The quantitative estimate of drug-likeness (QED) is 0.261. The number of aryl methyl sites for hydroxylation is 1. The van der Waals surface area contributed by atoms with E-state index in [0.29, 0.717) is 60.6 Å². The fraction of sp³-hybridized carbons (Fsp3) is 0.367. The molecule has 0 saturated carbocycles. The van der Waals surface area contributed by atoms with Crippen molar-refractivity contribution in [1.29, 1.82) is 0 Å². The first kappa shape index (κ1) is 30.0. The highest BCUT2D eigenvalue weighted by molar-refractivity contribution is 7.99. The highest BCUT2D eigenvalue weighted by atomic mass is 32.2. The van der Waals surface area contributed by atoms with Crippen LogP contribution < -0.4 is 10.6 Å². The molecule has 41 heavy (non-hydrogen) atoms. The van der Waals surface area contributed by atoms with Crippen molar-refractivity contribution in [3.8, 4) is 0 Å². The molecular weight excluding hydrogens is 540 g/mol. The number of carbonyl (C=O) groups is 3. The molecule has 4 rings (SSSR count). The van der Waals surface area contributed by atoms with Gasteiger partial charge in [-0.15, -0.1) is 16.8 Å². The Morgan fingerprint density at radius 1 is 1.07 bits per heavy atom. The summed E-state index contributed by atoms with van der Waals surface area (Å²) in [5.74, 6) is 0.189. The molecule has 0 unspecified atom stereocenters. The minimum absolute atomic E-state index is 0.0331. The van der Waals surface area contributed by atoms with Crippen LogP contribution in [0.4, 0.5) is 5.69 Å². The summed E-state index contributed by atoms with van der Waals surface area (Å²) in [4.78, 5) is 40.4. The van der Waals surface area contributed by atoms with Crippen molar-refractivity contribution in [3.05, 3.63) is 83.7 Å². The fourth-order valence-corrected chi connectivity index (χ4v) is 5.16. The minimum Gasteiger partial charge on any atom is -0.378 e. The van der Waals surface area contributed by atoms with E-state index < -0.39 is 6.04 Å². The highest BCUT2D eigenvalue weighted by Gasteiger charge is 2.26. The molecule has 2 aromatic carbocycles. The number of nitrogens with one attached hydrogen (secondary N) is 2. The molecule has 1 saturated heterocycles. The van der Waals surface area contributed by atoms with Gasteiger partial charge >= 0.3 is 0 Å². The molecule has 1 atom stereocenters. The van der Waals surface area contributed by atoms with Crippen LogP contribution in [0.1, 0.15) is 52.0 Å². The molecule has 2 N–H and O–H groups in total. The number of allylic oxidation sites excluding steroid dienone is 1. The molecule has 1 aliphatic heterocycles. The number of nitrogens with zero attached hydrogens (tertiary/aromatic N) is 4. The lowest BCUT2D eigenvalue weighted by molar-refractivity contribution is -0.113. The number of hydrogen-bond donors (Lipinski definition) is 2. The number of ether oxygens (including phenoxy) is 1. The number of anilines is 1. The molecule has 1 aliphatic rings. The van der Waals surface area contributed by atoms with Crippen LogP contribution in [0.3, 0.4) is 0 Å². The molecule has 0 spiro atoms. The van der Waals surface area contributed by atoms with Gasteiger partial charge in [-0.1, -0.05) is 55.4 Å². The van der Waals surface area contributed by atoms with Crippen molar-refractivity contribution >= 4 is 35.2 Å². The summed E-state index contributed by atoms with van der Waals surface area (Å²) in [6.07, 6.45) is 1.73. The van der Waals surface area contributed by atoms with Crippen LogP contribution >= 0.6 is 11.8 Å². The first-order valence-electron chi connectivity index (χ1n) is 13.6. The van der Waals surface area contributed by atoms with Crippen molar-refractivity contribution in [2.24, 2.45) is 5.92 Å². The van der Waals surface area contributed by atoms with E-state index in [-0.39, 0.29) is 29.4 Å². The van der Waals surface area contributed by atoms with E-state index in [9.17, 15) is 14.4 Å². The average Bonchev–Trinajstić information content (AvgIpc) is 3.37. The van der Waals surface area contributed by atoms with Gasteiger partial charge in [0.05, 0.1) is 25.0 Å². The predicted octanol–water partition coefficient (Wildman–Crippen LogP) is 4.10. The van der Waals surface area contributed by atoms with Crippen molar-refractivity contribution in [2.45, 2.75) is 38.5 Å². The first-order valence-corrected chi connectivity index (χ1v) is 14.6. The van der Waals surface area contributed by atoms with Gasteiger partial charge in [0.15, 0.2) is 11.0 Å². The van der Waals surface area contributed by atoms with Crippen molar-refractivity contribution in [1.82, 2.24) is 25.0 Å². The number of amides is 3. The zero-order valence-corrected chi connectivity index (χ0v) is 24.4. The molecule has 11 heteroatoms. The number of morpholine rings is 1. The maximum absolute atomic E-state index is 13.0. The zero-order valence-electron chi connectivity index (χ0n) is 23.6. The number of hydrogen-bond acceptors (Lipinski definition) is 7. The predicted molar refractivity (Wildman–Crippen MR) is 159 cm³/mol. The summed E-state index contributed by atoms with van der Waals surface area (Å²) in [7, 11) is 0. The van der Waals surface area contributed by atoms with Gasteiger partial charge in [0.2, 0.25) is 5.91 Å². The second kappa shape index (κ2) is 14.1. The number of thioether (sulfide) groups is 1. The van der Waals surface area contributed by atoms with Gasteiger partial charge in [-0.05, 0) is 43.2 Å². The lowest BCUT2D eigenvalue weighted by Gasteiger charge is -2.27. The van der Waals surface area contributed by atoms with Crippen LogP contribution in [-0.2, 0) is 16.1 Å². The van der Waals surface area contributed by atoms with E-state index in [1.165, 1.54) is 11.8 Å². The molecule has 10 nitrogen and oxygen atoms in total. The summed E-state index contributed by atoms with van der Waals surface area (Å²) in [6.45, 7) is 12.4. The van der Waals surface area contributed by atoms with E-state index in [2.05, 4.69) is 27.4 Å². The molecule has 1 aromatic heterocycles. The number of rotatable bonds is 11. The van der Waals surface area contributed by atoms with Gasteiger partial charge in [-0.3, -0.25) is 14.4 Å². The monoisotopic (exact) mass is 576 g/mol. The van der Waals surface area contributed by atoms with Crippen molar-refractivity contribution < 1.29 is 19.1 Å².